The first-order valence-electron chi connectivity index (χ1n) is 6.44. The molecule has 108 valence electrons. The number of hydrogen-bond acceptors (Lipinski definition) is 4. The fraction of sp³-hybridized carbons (Fsp3) is 0.714. The van der Waals surface area contributed by atoms with E-state index in [1.54, 1.807) is 4.90 Å². The number of nitrogens with zero attached hydrogens (tertiary/aromatic N) is 1. The van der Waals surface area contributed by atoms with E-state index in [0.29, 0.717) is 19.5 Å². The average molecular weight is 269 g/mol. The zero-order valence-electron chi connectivity index (χ0n) is 12.2. The largest absolute Gasteiger partial charge is 0.461 e. The van der Waals surface area contributed by atoms with Crippen LogP contribution >= 0.6 is 0 Å². The van der Waals surface area contributed by atoms with Crippen molar-refractivity contribution in [2.75, 3.05) is 19.7 Å². The number of ether oxygens (including phenoxy) is 2. The summed E-state index contributed by atoms with van der Waals surface area (Å²) in [5.74, 6) is -0.293. The highest BCUT2D eigenvalue weighted by Gasteiger charge is 2.44. The van der Waals surface area contributed by atoms with Crippen LogP contribution in [0.3, 0.4) is 0 Å². The lowest BCUT2D eigenvalue weighted by atomic mass is 9.90. The molecule has 1 amide bonds. The minimum absolute atomic E-state index is 0.195. The van der Waals surface area contributed by atoms with Crippen LogP contribution in [-0.4, -0.2) is 42.3 Å². The van der Waals surface area contributed by atoms with Gasteiger partial charge in [-0.2, -0.15) is 0 Å². The van der Waals surface area contributed by atoms with Crippen molar-refractivity contribution in [3.63, 3.8) is 0 Å². The molecule has 5 nitrogen and oxygen atoms in total. The number of carbonyl (C=O) groups excluding carboxylic acids is 2. The van der Waals surface area contributed by atoms with E-state index in [-0.39, 0.29) is 18.7 Å². The molecule has 1 atom stereocenters. The van der Waals surface area contributed by atoms with Gasteiger partial charge in [-0.1, -0.05) is 12.7 Å². The molecule has 0 aromatic rings. The molecule has 0 spiro atoms. The standard InChI is InChI=1S/C14H23NO4/c1-6-9-18-11(16)14(5)7-8-15(10-14)12(17)19-13(2,3)4/h6H,1,7-10H2,2-5H3. The Labute approximate surface area is 114 Å². The normalized spacial score (nSPS) is 23.1. The molecule has 0 aliphatic carbocycles. The maximum Gasteiger partial charge on any atom is 0.410 e. The first-order chi connectivity index (χ1) is 8.68. The number of hydrogen-bond donors (Lipinski definition) is 0. The van der Waals surface area contributed by atoms with E-state index < -0.39 is 11.0 Å². The van der Waals surface area contributed by atoms with Crippen molar-refractivity contribution in [2.24, 2.45) is 5.41 Å². The van der Waals surface area contributed by atoms with Gasteiger partial charge in [-0.15, -0.1) is 0 Å². The second kappa shape index (κ2) is 5.63. The van der Waals surface area contributed by atoms with Crippen LogP contribution in [0.4, 0.5) is 4.79 Å². The Balaban J connectivity index is 2.59. The van der Waals surface area contributed by atoms with E-state index in [1.807, 2.05) is 27.7 Å². The van der Waals surface area contributed by atoms with E-state index in [1.165, 1.54) is 6.08 Å². The molecule has 1 heterocycles. The molecular weight excluding hydrogens is 246 g/mol. The van der Waals surface area contributed by atoms with Gasteiger partial charge in [0.1, 0.15) is 12.2 Å². The molecule has 5 heteroatoms. The van der Waals surface area contributed by atoms with E-state index in [2.05, 4.69) is 6.58 Å². The fourth-order valence-electron chi connectivity index (χ4n) is 1.92. The van der Waals surface area contributed by atoms with Gasteiger partial charge in [0, 0.05) is 13.1 Å². The summed E-state index contributed by atoms with van der Waals surface area (Å²) in [4.78, 5) is 25.4. The summed E-state index contributed by atoms with van der Waals surface area (Å²) in [5.41, 5.74) is -1.18. The molecular formula is C14H23NO4. The Hall–Kier alpha value is -1.52. The van der Waals surface area contributed by atoms with Crippen molar-refractivity contribution in [3.8, 4) is 0 Å². The van der Waals surface area contributed by atoms with E-state index in [9.17, 15) is 9.59 Å². The molecule has 1 unspecified atom stereocenters. The molecule has 19 heavy (non-hydrogen) atoms. The topological polar surface area (TPSA) is 55.8 Å². The van der Waals surface area contributed by atoms with Crippen molar-refractivity contribution < 1.29 is 19.1 Å². The second-order valence-corrected chi connectivity index (χ2v) is 6.10. The highest BCUT2D eigenvalue weighted by Crippen LogP contribution is 2.32. The molecule has 1 fully saturated rings. The number of esters is 1. The molecule has 0 aromatic carbocycles. The molecule has 0 aromatic heterocycles. The summed E-state index contributed by atoms with van der Waals surface area (Å²) in [6, 6.07) is 0. The van der Waals surface area contributed by atoms with Gasteiger partial charge in [-0.3, -0.25) is 4.79 Å². The van der Waals surface area contributed by atoms with Gasteiger partial charge in [0.25, 0.3) is 0 Å². The van der Waals surface area contributed by atoms with Gasteiger partial charge < -0.3 is 14.4 Å². The number of carbonyl (C=O) groups is 2. The molecule has 0 radical (unpaired) electrons. The third-order valence-electron chi connectivity index (χ3n) is 2.95. The Morgan fingerprint density at radius 1 is 1.42 bits per heavy atom. The summed E-state index contributed by atoms with van der Waals surface area (Å²) < 4.78 is 10.4. The predicted octanol–water partition coefficient (Wildman–Crippen LogP) is 2.36. The van der Waals surface area contributed by atoms with Crippen molar-refractivity contribution in [1.29, 1.82) is 0 Å². The first-order valence-corrected chi connectivity index (χ1v) is 6.44. The minimum Gasteiger partial charge on any atom is -0.461 e. The molecule has 1 rings (SSSR count). The van der Waals surface area contributed by atoms with Crippen LogP contribution < -0.4 is 0 Å². The first kappa shape index (κ1) is 15.5. The lowest BCUT2D eigenvalue weighted by molar-refractivity contribution is -0.152. The van der Waals surface area contributed by atoms with Crippen molar-refractivity contribution >= 4 is 12.1 Å². The summed E-state index contributed by atoms with van der Waals surface area (Å²) in [6.45, 7) is 11.8. The van der Waals surface area contributed by atoms with E-state index in [4.69, 9.17) is 9.47 Å². The van der Waals surface area contributed by atoms with Crippen molar-refractivity contribution in [1.82, 2.24) is 4.90 Å². The summed E-state index contributed by atoms with van der Waals surface area (Å²) in [6.07, 6.45) is 1.73. The second-order valence-electron chi connectivity index (χ2n) is 6.10. The molecule has 0 bridgehead atoms. The summed E-state index contributed by atoms with van der Waals surface area (Å²) in [7, 11) is 0. The molecule has 0 N–H and O–H groups in total. The van der Waals surface area contributed by atoms with Crippen LogP contribution in [0.5, 0.6) is 0 Å². The lowest BCUT2D eigenvalue weighted by Crippen LogP contribution is -2.38. The van der Waals surface area contributed by atoms with Gasteiger partial charge in [0.05, 0.1) is 5.41 Å². The Morgan fingerprint density at radius 2 is 2.05 bits per heavy atom. The third kappa shape index (κ3) is 4.26. The quantitative estimate of drug-likeness (QED) is 0.583. The SMILES string of the molecule is C=CCOC(=O)C1(C)CCN(C(=O)OC(C)(C)C)C1. The number of likely N-dealkylation sites (tertiary alicyclic amines) is 1. The van der Waals surface area contributed by atoms with E-state index in [0.717, 1.165) is 0 Å². The maximum absolute atomic E-state index is 11.9. The van der Waals surface area contributed by atoms with Crippen LogP contribution in [0.15, 0.2) is 12.7 Å². The zero-order valence-corrected chi connectivity index (χ0v) is 12.2. The third-order valence-corrected chi connectivity index (χ3v) is 2.95. The van der Waals surface area contributed by atoms with Crippen molar-refractivity contribution in [2.45, 2.75) is 39.7 Å². The Bertz CT molecular complexity index is 372. The molecule has 1 aliphatic rings. The fourth-order valence-corrected chi connectivity index (χ4v) is 1.92. The summed E-state index contributed by atoms with van der Waals surface area (Å²) in [5, 5.41) is 0. The van der Waals surface area contributed by atoms with Crippen LogP contribution in [0, 0.1) is 5.41 Å². The van der Waals surface area contributed by atoms with Crippen molar-refractivity contribution in [3.05, 3.63) is 12.7 Å². The van der Waals surface area contributed by atoms with Crippen LogP contribution in [0.1, 0.15) is 34.1 Å². The van der Waals surface area contributed by atoms with Gasteiger partial charge in [-0.25, -0.2) is 4.79 Å². The van der Waals surface area contributed by atoms with Gasteiger partial charge in [-0.05, 0) is 34.1 Å². The highest BCUT2D eigenvalue weighted by molar-refractivity contribution is 5.79. The Kier molecular flexibility index (Phi) is 4.61. The number of amides is 1. The number of rotatable bonds is 3. The van der Waals surface area contributed by atoms with Crippen LogP contribution in [-0.2, 0) is 14.3 Å². The zero-order chi connectivity index (χ0) is 14.7. The Morgan fingerprint density at radius 3 is 2.58 bits per heavy atom. The van der Waals surface area contributed by atoms with Gasteiger partial charge in [0.15, 0.2) is 0 Å². The van der Waals surface area contributed by atoms with Gasteiger partial charge in [0.2, 0.25) is 0 Å². The molecule has 0 saturated carbocycles. The monoisotopic (exact) mass is 269 g/mol. The predicted molar refractivity (Wildman–Crippen MR) is 71.7 cm³/mol. The minimum atomic E-state index is -0.653. The lowest BCUT2D eigenvalue weighted by Gasteiger charge is -2.26. The van der Waals surface area contributed by atoms with Crippen LogP contribution in [0.25, 0.3) is 0 Å². The van der Waals surface area contributed by atoms with Gasteiger partial charge >= 0.3 is 12.1 Å². The van der Waals surface area contributed by atoms with E-state index >= 15 is 0 Å². The molecule has 1 saturated heterocycles. The smallest absolute Gasteiger partial charge is 0.410 e. The molecule has 1 aliphatic heterocycles. The summed E-state index contributed by atoms with van der Waals surface area (Å²) >= 11 is 0. The highest BCUT2D eigenvalue weighted by atomic mass is 16.6. The van der Waals surface area contributed by atoms with Crippen LogP contribution in [0.2, 0.25) is 0 Å². The average Bonchev–Trinajstić information content (AvgIpc) is 2.68. The maximum atomic E-state index is 11.9.